The van der Waals surface area contributed by atoms with E-state index in [4.69, 9.17) is 0 Å². The zero-order valence-corrected chi connectivity index (χ0v) is 15.3. The van der Waals surface area contributed by atoms with Gasteiger partial charge in [0.15, 0.2) is 0 Å². The molecule has 2 aromatic rings. The highest BCUT2D eigenvalue weighted by Gasteiger charge is 2.15. The summed E-state index contributed by atoms with van der Waals surface area (Å²) in [7, 11) is 0. The Balaban J connectivity index is 1.78. The summed E-state index contributed by atoms with van der Waals surface area (Å²) in [5, 5.41) is 2.76. The van der Waals surface area contributed by atoms with Gasteiger partial charge in [0.1, 0.15) is 5.82 Å². The van der Waals surface area contributed by atoms with Crippen LogP contribution in [-0.4, -0.2) is 29.8 Å². The van der Waals surface area contributed by atoms with Crippen molar-refractivity contribution in [3.05, 3.63) is 71.0 Å². The molecule has 138 valence electrons. The Morgan fingerprint density at radius 1 is 1.00 bits per heavy atom. The molecule has 4 nitrogen and oxygen atoms in total. The van der Waals surface area contributed by atoms with Gasteiger partial charge in [-0.05, 0) is 43.5 Å². The van der Waals surface area contributed by atoms with Gasteiger partial charge in [0.05, 0.1) is 6.54 Å². The van der Waals surface area contributed by atoms with Crippen LogP contribution >= 0.6 is 0 Å². The molecule has 0 aliphatic heterocycles. The van der Waals surface area contributed by atoms with Gasteiger partial charge < -0.3 is 10.2 Å². The maximum Gasteiger partial charge on any atom is 0.239 e. The van der Waals surface area contributed by atoms with Crippen molar-refractivity contribution >= 4 is 11.8 Å². The molecule has 0 unspecified atom stereocenters. The number of amides is 2. The lowest BCUT2D eigenvalue weighted by molar-refractivity contribution is -0.135. The molecule has 0 saturated heterocycles. The largest absolute Gasteiger partial charge is 0.350 e. The van der Waals surface area contributed by atoms with E-state index in [1.165, 1.54) is 17.7 Å². The molecule has 0 bridgehead atoms. The topological polar surface area (TPSA) is 49.4 Å². The van der Waals surface area contributed by atoms with E-state index in [0.717, 1.165) is 11.1 Å². The SMILES string of the molecule is CCN(CC(=O)NCc1ccc(F)cc1)C(=O)CCc1ccc(C)cc1. The van der Waals surface area contributed by atoms with Crippen molar-refractivity contribution in [3.63, 3.8) is 0 Å². The second-order valence-electron chi connectivity index (χ2n) is 6.30. The summed E-state index contributed by atoms with van der Waals surface area (Å²) in [4.78, 5) is 26.0. The van der Waals surface area contributed by atoms with Gasteiger partial charge in [0.2, 0.25) is 11.8 Å². The lowest BCUT2D eigenvalue weighted by Gasteiger charge is -2.20. The van der Waals surface area contributed by atoms with Crippen molar-refractivity contribution in [2.75, 3.05) is 13.1 Å². The van der Waals surface area contributed by atoms with Crippen molar-refractivity contribution in [2.24, 2.45) is 0 Å². The zero-order chi connectivity index (χ0) is 18.9. The maximum atomic E-state index is 12.9. The summed E-state index contributed by atoms with van der Waals surface area (Å²) in [5.41, 5.74) is 3.11. The lowest BCUT2D eigenvalue weighted by Crippen LogP contribution is -2.40. The minimum absolute atomic E-state index is 0.0322. The summed E-state index contributed by atoms with van der Waals surface area (Å²) in [5.74, 6) is -0.568. The highest BCUT2D eigenvalue weighted by atomic mass is 19.1. The van der Waals surface area contributed by atoms with Crippen LogP contribution < -0.4 is 5.32 Å². The third-order valence-electron chi connectivity index (χ3n) is 4.22. The van der Waals surface area contributed by atoms with Gasteiger partial charge >= 0.3 is 0 Å². The van der Waals surface area contributed by atoms with E-state index in [1.807, 2.05) is 38.1 Å². The normalized spacial score (nSPS) is 10.4. The van der Waals surface area contributed by atoms with Crippen LogP contribution in [0.2, 0.25) is 0 Å². The third kappa shape index (κ3) is 6.31. The molecule has 0 fully saturated rings. The summed E-state index contributed by atoms with van der Waals surface area (Å²) in [6, 6.07) is 14.1. The monoisotopic (exact) mass is 356 g/mol. The number of likely N-dealkylation sites (N-methyl/N-ethyl adjacent to an activating group) is 1. The Morgan fingerprint density at radius 3 is 2.23 bits per heavy atom. The van der Waals surface area contributed by atoms with Crippen LogP contribution in [0.25, 0.3) is 0 Å². The average Bonchev–Trinajstić information content (AvgIpc) is 2.65. The lowest BCUT2D eigenvalue weighted by atomic mass is 10.1. The van der Waals surface area contributed by atoms with Crippen molar-refractivity contribution in [2.45, 2.75) is 33.2 Å². The maximum absolute atomic E-state index is 12.9. The molecule has 0 radical (unpaired) electrons. The molecule has 0 heterocycles. The van der Waals surface area contributed by atoms with Gasteiger partial charge in [-0.3, -0.25) is 9.59 Å². The summed E-state index contributed by atoms with van der Waals surface area (Å²) in [6.07, 6.45) is 1.04. The van der Waals surface area contributed by atoms with Gasteiger partial charge in [-0.25, -0.2) is 4.39 Å². The van der Waals surface area contributed by atoms with Gasteiger partial charge in [-0.2, -0.15) is 0 Å². The summed E-state index contributed by atoms with van der Waals surface area (Å²) < 4.78 is 12.9. The van der Waals surface area contributed by atoms with Crippen molar-refractivity contribution in [1.29, 1.82) is 0 Å². The van der Waals surface area contributed by atoms with Crippen LogP contribution in [-0.2, 0) is 22.6 Å². The summed E-state index contributed by atoms with van der Waals surface area (Å²) >= 11 is 0. The number of benzene rings is 2. The molecule has 0 spiro atoms. The number of carbonyl (C=O) groups is 2. The fraction of sp³-hybridized carbons (Fsp3) is 0.333. The molecule has 0 saturated carbocycles. The predicted molar refractivity (Wildman–Crippen MR) is 100 cm³/mol. The minimum atomic E-state index is -0.309. The molecule has 5 heteroatoms. The van der Waals surface area contributed by atoms with Crippen molar-refractivity contribution in [1.82, 2.24) is 10.2 Å². The standard InChI is InChI=1S/C21H25FN2O2/c1-3-24(21(26)13-10-17-6-4-16(2)5-7-17)15-20(25)23-14-18-8-11-19(22)12-9-18/h4-9,11-12H,3,10,13-15H2,1-2H3,(H,23,25). The smallest absolute Gasteiger partial charge is 0.239 e. The average molecular weight is 356 g/mol. The zero-order valence-electron chi connectivity index (χ0n) is 15.3. The highest BCUT2D eigenvalue weighted by molar-refractivity contribution is 5.84. The van der Waals surface area contributed by atoms with Crippen molar-refractivity contribution in [3.8, 4) is 0 Å². The Kier molecular flexibility index (Phi) is 7.33. The first-order valence-electron chi connectivity index (χ1n) is 8.82. The van der Waals surface area contributed by atoms with Crippen LogP contribution in [0.1, 0.15) is 30.0 Å². The second-order valence-corrected chi connectivity index (χ2v) is 6.30. The Morgan fingerprint density at radius 2 is 1.62 bits per heavy atom. The van der Waals surface area contributed by atoms with Crippen LogP contribution in [0.4, 0.5) is 4.39 Å². The first kappa shape index (κ1) is 19.6. The fourth-order valence-electron chi connectivity index (χ4n) is 2.57. The molecule has 0 aliphatic carbocycles. The Hall–Kier alpha value is -2.69. The molecule has 2 amide bonds. The summed E-state index contributed by atoms with van der Waals surface area (Å²) in [6.45, 7) is 4.71. The number of halogens is 1. The number of aryl methyl sites for hydroxylation is 2. The van der Waals surface area contributed by atoms with E-state index >= 15 is 0 Å². The Bertz CT molecular complexity index is 727. The molecule has 26 heavy (non-hydrogen) atoms. The molecule has 1 N–H and O–H groups in total. The molecule has 2 aromatic carbocycles. The fourth-order valence-corrected chi connectivity index (χ4v) is 2.57. The highest BCUT2D eigenvalue weighted by Crippen LogP contribution is 2.07. The second kappa shape index (κ2) is 9.70. The molecule has 0 aliphatic rings. The van der Waals surface area contributed by atoms with Crippen LogP contribution in [0, 0.1) is 12.7 Å². The van der Waals surface area contributed by atoms with Crippen LogP contribution in [0.3, 0.4) is 0 Å². The molecular formula is C21H25FN2O2. The molecular weight excluding hydrogens is 331 g/mol. The minimum Gasteiger partial charge on any atom is -0.350 e. The van der Waals surface area contributed by atoms with E-state index in [2.05, 4.69) is 5.32 Å². The quantitative estimate of drug-likeness (QED) is 0.789. The molecule has 0 atom stereocenters. The van der Waals surface area contributed by atoms with E-state index < -0.39 is 0 Å². The van der Waals surface area contributed by atoms with Crippen molar-refractivity contribution < 1.29 is 14.0 Å². The third-order valence-corrected chi connectivity index (χ3v) is 4.22. The van der Waals surface area contributed by atoms with Gasteiger partial charge in [0, 0.05) is 19.5 Å². The molecule has 2 rings (SSSR count). The van der Waals surface area contributed by atoms with Gasteiger partial charge in [-0.1, -0.05) is 42.0 Å². The van der Waals surface area contributed by atoms with E-state index in [0.29, 0.717) is 25.9 Å². The number of rotatable bonds is 8. The molecule has 0 aromatic heterocycles. The van der Waals surface area contributed by atoms with Gasteiger partial charge in [-0.15, -0.1) is 0 Å². The first-order valence-corrected chi connectivity index (χ1v) is 8.82. The van der Waals surface area contributed by atoms with E-state index in [1.54, 1.807) is 17.0 Å². The number of hydrogen-bond acceptors (Lipinski definition) is 2. The van der Waals surface area contributed by atoms with E-state index in [-0.39, 0.29) is 24.2 Å². The number of nitrogens with one attached hydrogen (secondary N) is 1. The predicted octanol–water partition coefficient (Wildman–Crippen LogP) is 3.23. The number of carbonyl (C=O) groups excluding carboxylic acids is 2. The van der Waals surface area contributed by atoms with E-state index in [9.17, 15) is 14.0 Å². The first-order chi connectivity index (χ1) is 12.5. The van der Waals surface area contributed by atoms with Gasteiger partial charge in [0.25, 0.3) is 0 Å². The van der Waals surface area contributed by atoms with Crippen LogP contribution in [0.5, 0.6) is 0 Å². The van der Waals surface area contributed by atoms with Crippen LogP contribution in [0.15, 0.2) is 48.5 Å². The Labute approximate surface area is 154 Å². The number of hydrogen-bond donors (Lipinski definition) is 1. The number of nitrogens with zero attached hydrogens (tertiary/aromatic N) is 1.